The minimum Gasteiger partial charge on any atom is -0.420 e. The number of amides is 1. The lowest BCUT2D eigenvalue weighted by Gasteiger charge is -2.27. The van der Waals surface area contributed by atoms with Crippen LogP contribution in [0.2, 0.25) is 0 Å². The molecule has 0 rings (SSSR count). The van der Waals surface area contributed by atoms with Crippen LogP contribution in [0.5, 0.6) is 0 Å². The number of hydrogen-bond acceptors (Lipinski definition) is 2. The first-order chi connectivity index (χ1) is 6.10. The number of likely N-dealkylation sites (N-methyl/N-ethyl adjacent to an activating group) is 1. The van der Waals surface area contributed by atoms with E-state index in [9.17, 15) is 4.79 Å². The Kier molecular flexibility index (Phi) is 5.07. The number of hydrogen-bond donors (Lipinski definition) is 0. The zero-order valence-electron chi connectivity index (χ0n) is 8.45. The first-order valence-corrected chi connectivity index (χ1v) is 4.34. The summed E-state index contributed by atoms with van der Waals surface area (Å²) in [5.41, 5.74) is 0. The van der Waals surface area contributed by atoms with Crippen LogP contribution in [0.1, 0.15) is 6.92 Å². The molecule has 0 fully saturated rings. The lowest BCUT2D eigenvalue weighted by Crippen LogP contribution is -2.49. The van der Waals surface area contributed by atoms with E-state index >= 15 is 0 Å². The van der Waals surface area contributed by atoms with Crippen molar-refractivity contribution in [1.29, 1.82) is 0 Å². The molecule has 0 aromatic carbocycles. The van der Waals surface area contributed by atoms with Gasteiger partial charge < -0.3 is 4.74 Å². The number of carbonyl (C=O) groups excluding carboxylic acids is 1. The van der Waals surface area contributed by atoms with Gasteiger partial charge in [-0.15, -0.1) is 0 Å². The van der Waals surface area contributed by atoms with Crippen LogP contribution in [0.15, 0.2) is 25.3 Å². The quantitative estimate of drug-likeness (QED) is 0.482. The SMILES string of the molecule is C=CC[N+](C)(CC=C)C(=O)OCC. The van der Waals surface area contributed by atoms with Crippen LogP contribution in [0.25, 0.3) is 0 Å². The predicted octanol–water partition coefficient (Wildman–Crippen LogP) is 1.96. The molecule has 0 aliphatic heterocycles. The molecule has 0 heterocycles. The third-order valence-electron chi connectivity index (χ3n) is 1.77. The van der Waals surface area contributed by atoms with Crippen LogP contribution in [-0.2, 0) is 4.74 Å². The third kappa shape index (κ3) is 3.42. The van der Waals surface area contributed by atoms with Crippen molar-refractivity contribution >= 4 is 6.09 Å². The van der Waals surface area contributed by atoms with Crippen LogP contribution >= 0.6 is 0 Å². The van der Waals surface area contributed by atoms with E-state index in [0.29, 0.717) is 19.7 Å². The summed E-state index contributed by atoms with van der Waals surface area (Å²) in [5.74, 6) is 0. The molecule has 3 nitrogen and oxygen atoms in total. The lowest BCUT2D eigenvalue weighted by molar-refractivity contribution is -0.825. The molecular formula is C10H18NO2+. The van der Waals surface area contributed by atoms with Crippen molar-refractivity contribution in [3.8, 4) is 0 Å². The molecule has 0 aliphatic carbocycles. The summed E-state index contributed by atoms with van der Waals surface area (Å²) in [5, 5.41) is 0. The highest BCUT2D eigenvalue weighted by molar-refractivity contribution is 5.59. The van der Waals surface area contributed by atoms with E-state index in [-0.39, 0.29) is 10.6 Å². The third-order valence-corrected chi connectivity index (χ3v) is 1.77. The number of quaternary nitrogens is 1. The molecule has 0 aliphatic rings. The van der Waals surface area contributed by atoms with Crippen LogP contribution < -0.4 is 0 Å². The summed E-state index contributed by atoms with van der Waals surface area (Å²) in [4.78, 5) is 11.5. The van der Waals surface area contributed by atoms with Crippen molar-refractivity contribution in [2.24, 2.45) is 0 Å². The van der Waals surface area contributed by atoms with E-state index in [1.165, 1.54) is 0 Å². The summed E-state index contributed by atoms with van der Waals surface area (Å²) >= 11 is 0. The molecular weight excluding hydrogens is 166 g/mol. The molecule has 0 saturated heterocycles. The molecule has 74 valence electrons. The second-order valence-electron chi connectivity index (χ2n) is 3.04. The second kappa shape index (κ2) is 5.54. The molecule has 0 atom stereocenters. The van der Waals surface area contributed by atoms with Gasteiger partial charge in [0.15, 0.2) is 0 Å². The Hall–Kier alpha value is -1.09. The Bertz CT molecular complexity index is 189. The summed E-state index contributed by atoms with van der Waals surface area (Å²) < 4.78 is 5.13. The zero-order valence-corrected chi connectivity index (χ0v) is 8.45. The molecule has 0 N–H and O–H groups in total. The van der Waals surface area contributed by atoms with E-state index in [1.54, 1.807) is 26.1 Å². The highest BCUT2D eigenvalue weighted by Gasteiger charge is 2.30. The van der Waals surface area contributed by atoms with Gasteiger partial charge in [0, 0.05) is 0 Å². The molecule has 3 heteroatoms. The molecule has 0 aromatic rings. The van der Waals surface area contributed by atoms with Gasteiger partial charge >= 0.3 is 6.09 Å². The average Bonchev–Trinajstić information content (AvgIpc) is 2.05. The highest BCUT2D eigenvalue weighted by atomic mass is 16.6. The minimum absolute atomic E-state index is 0.181. The molecule has 1 amide bonds. The van der Waals surface area contributed by atoms with Gasteiger partial charge in [-0.25, -0.2) is 4.48 Å². The van der Waals surface area contributed by atoms with Gasteiger partial charge in [0.2, 0.25) is 0 Å². The van der Waals surface area contributed by atoms with Crippen LogP contribution in [0, 0.1) is 0 Å². The van der Waals surface area contributed by atoms with E-state index < -0.39 is 0 Å². The van der Waals surface area contributed by atoms with Gasteiger partial charge in [-0.05, 0) is 19.1 Å². The Labute approximate surface area is 79.9 Å². The fourth-order valence-corrected chi connectivity index (χ4v) is 1.07. The normalized spacial score (nSPS) is 10.6. The fraction of sp³-hybridized carbons (Fsp3) is 0.500. The summed E-state index contributed by atoms with van der Waals surface area (Å²) in [6.07, 6.45) is 3.18. The summed E-state index contributed by atoms with van der Waals surface area (Å²) in [6.45, 7) is 10.5. The Morgan fingerprint density at radius 2 is 1.85 bits per heavy atom. The topological polar surface area (TPSA) is 26.3 Å². The maximum Gasteiger partial charge on any atom is 0.516 e. The molecule has 0 aromatic heterocycles. The van der Waals surface area contributed by atoms with E-state index in [4.69, 9.17) is 4.74 Å². The van der Waals surface area contributed by atoms with Crippen molar-refractivity contribution in [3.63, 3.8) is 0 Å². The number of carbonyl (C=O) groups is 1. The van der Waals surface area contributed by atoms with Crippen LogP contribution in [-0.4, -0.2) is 37.3 Å². The monoisotopic (exact) mass is 184 g/mol. The van der Waals surface area contributed by atoms with E-state index in [2.05, 4.69) is 13.2 Å². The zero-order chi connectivity index (χ0) is 10.3. The molecule has 0 unspecified atom stereocenters. The van der Waals surface area contributed by atoms with Crippen molar-refractivity contribution < 1.29 is 14.0 Å². The summed E-state index contributed by atoms with van der Waals surface area (Å²) in [6, 6.07) is 0. The van der Waals surface area contributed by atoms with Crippen LogP contribution in [0.3, 0.4) is 0 Å². The van der Waals surface area contributed by atoms with Crippen LogP contribution in [0.4, 0.5) is 4.79 Å². The summed E-state index contributed by atoms with van der Waals surface area (Å²) in [7, 11) is 1.81. The molecule has 0 saturated carbocycles. The molecule has 0 radical (unpaired) electrons. The molecule has 13 heavy (non-hydrogen) atoms. The van der Waals surface area contributed by atoms with Crippen molar-refractivity contribution in [1.82, 2.24) is 0 Å². The lowest BCUT2D eigenvalue weighted by atomic mass is 10.4. The van der Waals surface area contributed by atoms with Crippen molar-refractivity contribution in [2.45, 2.75) is 6.92 Å². The first-order valence-electron chi connectivity index (χ1n) is 4.34. The van der Waals surface area contributed by atoms with Crippen molar-refractivity contribution in [3.05, 3.63) is 25.3 Å². The molecule has 0 bridgehead atoms. The average molecular weight is 184 g/mol. The molecule has 0 spiro atoms. The number of ether oxygens (including phenoxy) is 1. The van der Waals surface area contributed by atoms with Gasteiger partial charge in [-0.1, -0.05) is 13.2 Å². The van der Waals surface area contributed by atoms with E-state index in [0.717, 1.165) is 0 Å². The van der Waals surface area contributed by atoms with Gasteiger partial charge in [-0.2, -0.15) is 4.79 Å². The van der Waals surface area contributed by atoms with Gasteiger partial charge in [0.05, 0.1) is 13.7 Å². The fourth-order valence-electron chi connectivity index (χ4n) is 1.07. The maximum atomic E-state index is 11.5. The Balaban J connectivity index is 4.44. The smallest absolute Gasteiger partial charge is 0.420 e. The minimum atomic E-state index is -0.234. The predicted molar refractivity (Wildman–Crippen MR) is 53.3 cm³/mol. The van der Waals surface area contributed by atoms with Gasteiger partial charge in [0.25, 0.3) is 0 Å². The second-order valence-corrected chi connectivity index (χ2v) is 3.04. The number of nitrogens with zero attached hydrogens (tertiary/aromatic N) is 1. The first kappa shape index (κ1) is 11.9. The van der Waals surface area contributed by atoms with Gasteiger partial charge in [-0.3, -0.25) is 0 Å². The van der Waals surface area contributed by atoms with Gasteiger partial charge in [0.1, 0.15) is 13.1 Å². The largest absolute Gasteiger partial charge is 0.516 e. The number of rotatable bonds is 5. The van der Waals surface area contributed by atoms with E-state index in [1.807, 2.05) is 0 Å². The standard InChI is InChI=1S/C10H18NO2/c1-5-8-11(4,9-6-2)10(12)13-7-3/h5-6H,1-2,7-9H2,3-4H3/q+1. The Morgan fingerprint density at radius 1 is 1.38 bits per heavy atom. The maximum absolute atomic E-state index is 11.5. The van der Waals surface area contributed by atoms with Crippen molar-refractivity contribution in [2.75, 3.05) is 26.7 Å². The highest BCUT2D eigenvalue weighted by Crippen LogP contribution is 2.06. The Morgan fingerprint density at radius 3 is 2.15 bits per heavy atom.